The van der Waals surface area contributed by atoms with Crippen molar-refractivity contribution in [1.82, 2.24) is 0 Å². The highest BCUT2D eigenvalue weighted by Crippen LogP contribution is 1.88. The number of nitrogens with zero attached hydrogens (tertiary/aromatic N) is 1. The number of hydrogen-bond acceptors (Lipinski definition) is 2. The normalized spacial score (nSPS) is 6.50. The molecule has 3 heteroatoms. The van der Waals surface area contributed by atoms with E-state index in [0.717, 1.165) is 0 Å². The Morgan fingerprint density at radius 2 is 2.38 bits per heavy atom. The summed E-state index contributed by atoms with van der Waals surface area (Å²) in [6, 6.07) is 0. The molecular weight excluding hydrogens is 104 g/mol. The zero-order valence-electron chi connectivity index (χ0n) is 4.36. The van der Waals surface area contributed by atoms with Gasteiger partial charge in [-0.2, -0.15) is 0 Å². The molecular formula is C5H4N2O. The van der Waals surface area contributed by atoms with Crippen LogP contribution in [0.1, 0.15) is 6.92 Å². The topological polar surface area (TPSA) is 45.3 Å². The van der Waals surface area contributed by atoms with Crippen LogP contribution in [0.4, 0.5) is 0 Å². The molecule has 0 amide bonds. The third kappa shape index (κ3) is 1.38. The van der Waals surface area contributed by atoms with Crippen LogP contribution in [0.25, 0.3) is 4.85 Å². The van der Waals surface area contributed by atoms with Gasteiger partial charge in [-0.3, -0.25) is 5.41 Å². The molecule has 0 bridgehead atoms. The van der Waals surface area contributed by atoms with Crippen LogP contribution in [-0.4, -0.2) is 11.7 Å². The minimum absolute atomic E-state index is 0.245. The van der Waals surface area contributed by atoms with Crippen LogP contribution < -0.4 is 0 Å². The first-order chi connectivity index (χ1) is 3.72. The molecule has 3 nitrogen and oxygen atoms in total. The van der Waals surface area contributed by atoms with Gasteiger partial charge in [-0.05, 0) is 12.8 Å². The second-order valence-corrected chi connectivity index (χ2v) is 1.14. The van der Waals surface area contributed by atoms with E-state index >= 15 is 0 Å². The Labute approximate surface area is 47.0 Å². The van der Waals surface area contributed by atoms with Crippen molar-refractivity contribution >= 4 is 11.7 Å². The maximum absolute atomic E-state index is 10.2. The predicted octanol–water partition coefficient (Wildman–Crippen LogP) is 0.627. The summed E-state index contributed by atoms with van der Waals surface area (Å²) >= 11 is 0. The summed E-state index contributed by atoms with van der Waals surface area (Å²) in [5.41, 5.74) is -0.245. The molecule has 0 saturated heterocycles. The minimum atomic E-state index is -0.407. The lowest BCUT2D eigenvalue weighted by Gasteiger charge is -1.77. The van der Waals surface area contributed by atoms with Gasteiger partial charge in [-0.1, -0.05) is 0 Å². The molecule has 0 atom stereocenters. The summed E-state index contributed by atoms with van der Waals surface area (Å²) in [6.07, 6.45) is 0. The molecule has 0 heterocycles. The number of Topliss-reactive ketones (excluding diaryl/α,β-unsaturated/α-hetero) is 1. The first-order valence-electron chi connectivity index (χ1n) is 1.90. The van der Waals surface area contributed by atoms with E-state index in [1.54, 1.807) is 5.87 Å². The second kappa shape index (κ2) is 2.73. The van der Waals surface area contributed by atoms with Gasteiger partial charge < -0.3 is 4.79 Å². The highest BCUT2D eigenvalue weighted by Gasteiger charge is 1.98. The van der Waals surface area contributed by atoms with Gasteiger partial charge in [0.2, 0.25) is 0 Å². The average Bonchev–Trinajstić information content (AvgIpc) is 1.69. The van der Waals surface area contributed by atoms with Crippen LogP contribution in [0.5, 0.6) is 0 Å². The van der Waals surface area contributed by atoms with Crippen LogP contribution in [0.15, 0.2) is 5.70 Å². The fourth-order valence-corrected chi connectivity index (χ4v) is 0.195. The Morgan fingerprint density at radius 1 is 1.88 bits per heavy atom. The molecule has 0 fully saturated rings. The Hall–Kier alpha value is -1.39. The summed E-state index contributed by atoms with van der Waals surface area (Å²) in [5, 5.41) is 6.37. The van der Waals surface area contributed by atoms with Gasteiger partial charge in [-0.15, -0.1) is 0 Å². The third-order valence-corrected chi connectivity index (χ3v) is 0.564. The summed E-state index contributed by atoms with van der Waals surface area (Å²) in [7, 11) is 0. The van der Waals surface area contributed by atoms with Crippen molar-refractivity contribution in [2.24, 2.45) is 0 Å². The number of hydrogen-bond donors (Lipinski definition) is 1. The molecule has 0 saturated carbocycles. The number of nitrogens with one attached hydrogen (secondary N) is 1. The molecule has 1 N–H and O–H groups in total. The molecule has 0 aromatic heterocycles. The molecule has 0 aromatic carbocycles. The van der Waals surface area contributed by atoms with E-state index in [-0.39, 0.29) is 5.70 Å². The molecule has 8 heavy (non-hydrogen) atoms. The lowest BCUT2D eigenvalue weighted by atomic mass is 10.4. The Balaban J connectivity index is 4.46. The van der Waals surface area contributed by atoms with Crippen LogP contribution in [0.3, 0.4) is 0 Å². The van der Waals surface area contributed by atoms with Crippen molar-refractivity contribution in [3.05, 3.63) is 17.1 Å². The van der Waals surface area contributed by atoms with Crippen molar-refractivity contribution in [2.75, 3.05) is 0 Å². The van der Waals surface area contributed by atoms with Gasteiger partial charge in [0.1, 0.15) is 0 Å². The van der Waals surface area contributed by atoms with Crippen molar-refractivity contribution < 1.29 is 4.79 Å². The van der Waals surface area contributed by atoms with Crippen LogP contribution in [0, 0.1) is 12.0 Å². The highest BCUT2D eigenvalue weighted by atomic mass is 16.1. The summed E-state index contributed by atoms with van der Waals surface area (Å²) < 4.78 is 0. The van der Waals surface area contributed by atoms with E-state index in [0.29, 0.717) is 0 Å². The first kappa shape index (κ1) is 6.61. The lowest BCUT2D eigenvalue weighted by molar-refractivity contribution is -0.113. The SMILES string of the molecule is [C-]#[N+]C(=C=N)C(C)=O. The molecule has 0 unspecified atom stereocenters. The smallest absolute Gasteiger partial charge is 0.287 e. The van der Waals surface area contributed by atoms with E-state index in [1.807, 2.05) is 0 Å². The van der Waals surface area contributed by atoms with E-state index in [9.17, 15) is 4.79 Å². The first-order valence-corrected chi connectivity index (χ1v) is 1.90. The van der Waals surface area contributed by atoms with Crippen molar-refractivity contribution in [3.63, 3.8) is 0 Å². The van der Waals surface area contributed by atoms with Gasteiger partial charge in [0.05, 0.1) is 6.57 Å². The van der Waals surface area contributed by atoms with E-state index < -0.39 is 5.78 Å². The van der Waals surface area contributed by atoms with E-state index in [4.69, 9.17) is 12.0 Å². The van der Waals surface area contributed by atoms with Crippen LogP contribution in [0.2, 0.25) is 0 Å². The van der Waals surface area contributed by atoms with Crippen molar-refractivity contribution in [3.8, 4) is 0 Å². The molecule has 0 aliphatic rings. The number of carbonyl (C=O) groups excluding carboxylic acids is 1. The maximum Gasteiger partial charge on any atom is 0.287 e. The van der Waals surface area contributed by atoms with Gasteiger partial charge in [0.15, 0.2) is 5.78 Å². The summed E-state index contributed by atoms with van der Waals surface area (Å²) in [5.74, 6) is 1.31. The zero-order chi connectivity index (χ0) is 6.57. The zero-order valence-corrected chi connectivity index (χ0v) is 4.36. The minimum Gasteiger partial charge on any atom is -0.307 e. The van der Waals surface area contributed by atoms with Gasteiger partial charge in [0.25, 0.3) is 5.70 Å². The molecule has 0 aromatic rings. The number of rotatable bonds is 1. The third-order valence-electron chi connectivity index (χ3n) is 0.564. The molecule has 0 aliphatic heterocycles. The summed E-state index contributed by atoms with van der Waals surface area (Å²) in [4.78, 5) is 12.9. The standard InChI is InChI=1S/C5H4N2O/c1-4(8)5(3-6)7-2/h6H,1H3. The van der Waals surface area contributed by atoms with E-state index in [1.165, 1.54) is 6.92 Å². The van der Waals surface area contributed by atoms with E-state index in [2.05, 4.69) is 4.85 Å². The highest BCUT2D eigenvalue weighted by molar-refractivity contribution is 6.02. The molecule has 0 radical (unpaired) electrons. The number of carbonyl (C=O) groups is 1. The van der Waals surface area contributed by atoms with Gasteiger partial charge in [0, 0.05) is 0 Å². The second-order valence-electron chi connectivity index (χ2n) is 1.14. The average molecular weight is 108 g/mol. The molecule has 0 rings (SSSR count). The number of allylic oxidation sites excluding steroid dienone is 1. The lowest BCUT2D eigenvalue weighted by Crippen LogP contribution is -1.90. The Morgan fingerprint density at radius 3 is 2.38 bits per heavy atom. The molecule has 0 aliphatic carbocycles. The van der Waals surface area contributed by atoms with Crippen molar-refractivity contribution in [1.29, 1.82) is 5.41 Å². The van der Waals surface area contributed by atoms with Gasteiger partial charge in [-0.25, -0.2) is 4.85 Å². The number of ketones is 1. The van der Waals surface area contributed by atoms with Crippen LogP contribution >= 0.6 is 0 Å². The predicted molar refractivity (Wildman–Crippen MR) is 28.5 cm³/mol. The molecule has 40 valence electrons. The fourth-order valence-electron chi connectivity index (χ4n) is 0.195. The maximum atomic E-state index is 10.2. The fraction of sp³-hybridized carbons (Fsp3) is 0.200. The summed E-state index contributed by atoms with van der Waals surface area (Å²) in [6.45, 7) is 7.51. The Bertz CT molecular complexity index is 193. The largest absolute Gasteiger partial charge is 0.307 e. The van der Waals surface area contributed by atoms with Crippen LogP contribution in [-0.2, 0) is 4.79 Å². The molecule has 0 spiro atoms. The Kier molecular flexibility index (Phi) is 2.25. The van der Waals surface area contributed by atoms with Crippen molar-refractivity contribution in [2.45, 2.75) is 6.92 Å². The monoisotopic (exact) mass is 108 g/mol. The quantitative estimate of drug-likeness (QED) is 0.299. The van der Waals surface area contributed by atoms with Gasteiger partial charge >= 0.3 is 0 Å².